The molecule has 6 nitrogen and oxygen atoms in total. The van der Waals surface area contributed by atoms with Crippen molar-refractivity contribution >= 4 is 5.91 Å². The number of hydrogen-bond acceptors (Lipinski definition) is 4. The van der Waals surface area contributed by atoms with E-state index in [2.05, 4.69) is 21.9 Å². The minimum absolute atomic E-state index is 0.0125. The van der Waals surface area contributed by atoms with E-state index in [0.29, 0.717) is 12.4 Å². The number of aryl methyl sites for hydroxylation is 2. The van der Waals surface area contributed by atoms with E-state index in [1.807, 2.05) is 43.3 Å². The molecule has 6 heteroatoms. The zero-order chi connectivity index (χ0) is 19.4. The highest BCUT2D eigenvalue weighted by Gasteiger charge is 2.17. The Morgan fingerprint density at radius 2 is 1.81 bits per heavy atom. The van der Waals surface area contributed by atoms with Crippen LogP contribution >= 0.6 is 0 Å². The van der Waals surface area contributed by atoms with Crippen LogP contribution in [-0.2, 0) is 13.0 Å². The number of H-pyrrole nitrogens is 1. The van der Waals surface area contributed by atoms with Gasteiger partial charge in [0, 0.05) is 25.0 Å². The molecule has 3 rings (SSSR count). The molecule has 2 heterocycles. The van der Waals surface area contributed by atoms with Crippen molar-refractivity contribution in [1.82, 2.24) is 19.9 Å². The Morgan fingerprint density at radius 3 is 2.41 bits per heavy atom. The van der Waals surface area contributed by atoms with Gasteiger partial charge < -0.3 is 9.88 Å². The summed E-state index contributed by atoms with van der Waals surface area (Å²) in [7, 11) is 1.64. The van der Waals surface area contributed by atoms with E-state index < -0.39 is 5.56 Å². The first-order chi connectivity index (χ1) is 13.0. The van der Waals surface area contributed by atoms with Crippen molar-refractivity contribution in [3.05, 3.63) is 81.5 Å². The SMILES string of the molecule is CCc1ccc(CN(C)C(=O)c2cnc(-c3ccc(C)cc3)[nH]c2=O)nc1. The average molecular weight is 362 g/mol. The monoisotopic (exact) mass is 362 g/mol. The number of hydrogen-bond donors (Lipinski definition) is 1. The topological polar surface area (TPSA) is 79.0 Å². The number of pyridine rings is 1. The van der Waals surface area contributed by atoms with Crippen LogP contribution in [0.25, 0.3) is 11.4 Å². The number of rotatable bonds is 5. The van der Waals surface area contributed by atoms with Crippen LogP contribution in [0.5, 0.6) is 0 Å². The van der Waals surface area contributed by atoms with Crippen molar-refractivity contribution in [1.29, 1.82) is 0 Å². The summed E-state index contributed by atoms with van der Waals surface area (Å²) in [4.78, 5) is 37.8. The lowest BCUT2D eigenvalue weighted by atomic mass is 10.1. The molecule has 0 fully saturated rings. The summed E-state index contributed by atoms with van der Waals surface area (Å²) in [5, 5.41) is 0. The number of carbonyl (C=O) groups is 1. The molecule has 0 bridgehead atoms. The van der Waals surface area contributed by atoms with Crippen LogP contribution in [0.3, 0.4) is 0 Å². The van der Waals surface area contributed by atoms with Crippen molar-refractivity contribution in [2.75, 3.05) is 7.05 Å². The molecule has 0 atom stereocenters. The van der Waals surface area contributed by atoms with Crippen molar-refractivity contribution in [3.8, 4) is 11.4 Å². The molecule has 0 aliphatic carbocycles. The highest BCUT2D eigenvalue weighted by molar-refractivity contribution is 5.93. The molecule has 1 amide bonds. The fraction of sp³-hybridized carbons (Fsp3) is 0.238. The van der Waals surface area contributed by atoms with E-state index in [1.165, 1.54) is 11.1 Å². The zero-order valence-electron chi connectivity index (χ0n) is 15.7. The van der Waals surface area contributed by atoms with Gasteiger partial charge in [-0.15, -0.1) is 0 Å². The van der Waals surface area contributed by atoms with Gasteiger partial charge in [0.15, 0.2) is 0 Å². The molecule has 138 valence electrons. The van der Waals surface area contributed by atoms with Crippen LogP contribution in [0.2, 0.25) is 0 Å². The van der Waals surface area contributed by atoms with Crippen LogP contribution in [0.4, 0.5) is 0 Å². The quantitative estimate of drug-likeness (QED) is 0.757. The van der Waals surface area contributed by atoms with Crippen LogP contribution < -0.4 is 5.56 Å². The predicted molar refractivity (Wildman–Crippen MR) is 104 cm³/mol. The second-order valence-corrected chi connectivity index (χ2v) is 6.51. The van der Waals surface area contributed by atoms with Gasteiger partial charge in [-0.05, 0) is 25.0 Å². The van der Waals surface area contributed by atoms with Crippen molar-refractivity contribution in [3.63, 3.8) is 0 Å². The Hall–Kier alpha value is -3.28. The number of benzene rings is 1. The fourth-order valence-electron chi connectivity index (χ4n) is 2.68. The molecule has 1 N–H and O–H groups in total. The molecule has 0 aliphatic heterocycles. The number of amides is 1. The summed E-state index contributed by atoms with van der Waals surface area (Å²) in [6, 6.07) is 11.5. The van der Waals surface area contributed by atoms with Gasteiger partial charge in [-0.1, -0.05) is 42.8 Å². The first-order valence-corrected chi connectivity index (χ1v) is 8.83. The molecule has 2 aromatic heterocycles. The smallest absolute Gasteiger partial charge is 0.264 e. The summed E-state index contributed by atoms with van der Waals surface area (Å²) in [6.07, 6.45) is 4.05. The van der Waals surface area contributed by atoms with E-state index in [1.54, 1.807) is 13.2 Å². The maximum absolute atomic E-state index is 12.6. The third-order valence-corrected chi connectivity index (χ3v) is 4.39. The molecule has 3 aromatic rings. The molecule has 0 unspecified atom stereocenters. The molecule has 0 saturated heterocycles. The summed E-state index contributed by atoms with van der Waals surface area (Å²) >= 11 is 0. The summed E-state index contributed by atoms with van der Waals surface area (Å²) in [5.74, 6) is 0.0524. The van der Waals surface area contributed by atoms with E-state index in [-0.39, 0.29) is 11.5 Å². The molecule has 0 saturated carbocycles. The third-order valence-electron chi connectivity index (χ3n) is 4.39. The molecule has 0 radical (unpaired) electrons. The van der Waals surface area contributed by atoms with Crippen molar-refractivity contribution in [2.45, 2.75) is 26.8 Å². The number of aromatic amines is 1. The highest BCUT2D eigenvalue weighted by atomic mass is 16.2. The van der Waals surface area contributed by atoms with Gasteiger partial charge >= 0.3 is 0 Å². The lowest BCUT2D eigenvalue weighted by Crippen LogP contribution is -2.32. The van der Waals surface area contributed by atoms with Gasteiger partial charge in [-0.2, -0.15) is 0 Å². The number of carbonyl (C=O) groups excluding carboxylic acids is 1. The molecular weight excluding hydrogens is 340 g/mol. The predicted octanol–water partition coefficient (Wildman–Crippen LogP) is 2.97. The highest BCUT2D eigenvalue weighted by Crippen LogP contribution is 2.14. The van der Waals surface area contributed by atoms with Gasteiger partial charge in [0.05, 0.1) is 12.2 Å². The minimum Gasteiger partial charge on any atom is -0.336 e. The average Bonchev–Trinajstić information content (AvgIpc) is 2.68. The summed E-state index contributed by atoms with van der Waals surface area (Å²) in [5.41, 5.74) is 3.38. The van der Waals surface area contributed by atoms with E-state index >= 15 is 0 Å². The standard InChI is InChI=1S/C21H22N4O2/c1-4-15-7-10-17(22-11-15)13-25(3)21(27)18-12-23-19(24-20(18)26)16-8-5-14(2)6-9-16/h5-12H,4,13H2,1-3H3,(H,23,24,26). The normalized spacial score (nSPS) is 10.6. The first kappa shape index (κ1) is 18.5. The maximum atomic E-state index is 12.6. The Balaban J connectivity index is 1.77. The van der Waals surface area contributed by atoms with Crippen molar-refractivity contribution < 1.29 is 4.79 Å². The lowest BCUT2D eigenvalue weighted by Gasteiger charge is -2.16. The second-order valence-electron chi connectivity index (χ2n) is 6.51. The summed E-state index contributed by atoms with van der Waals surface area (Å²) < 4.78 is 0. The third kappa shape index (κ3) is 4.28. The number of aromatic nitrogens is 3. The molecular formula is C21H22N4O2. The lowest BCUT2D eigenvalue weighted by molar-refractivity contribution is 0.0781. The number of nitrogens with one attached hydrogen (secondary N) is 1. The minimum atomic E-state index is -0.452. The largest absolute Gasteiger partial charge is 0.336 e. The molecule has 27 heavy (non-hydrogen) atoms. The molecule has 0 spiro atoms. The van der Waals surface area contributed by atoms with E-state index in [4.69, 9.17) is 0 Å². The van der Waals surface area contributed by atoms with E-state index in [9.17, 15) is 9.59 Å². The zero-order valence-corrected chi connectivity index (χ0v) is 15.7. The van der Waals surface area contributed by atoms with Gasteiger partial charge in [0.1, 0.15) is 11.4 Å². The van der Waals surface area contributed by atoms with Crippen LogP contribution in [0.1, 0.15) is 34.1 Å². The van der Waals surface area contributed by atoms with E-state index in [0.717, 1.165) is 28.8 Å². The van der Waals surface area contributed by atoms with Crippen LogP contribution in [0.15, 0.2) is 53.6 Å². The van der Waals surface area contributed by atoms with Gasteiger partial charge in [0.25, 0.3) is 11.5 Å². The Morgan fingerprint density at radius 1 is 1.07 bits per heavy atom. The first-order valence-electron chi connectivity index (χ1n) is 8.83. The second kappa shape index (κ2) is 7.95. The van der Waals surface area contributed by atoms with Crippen molar-refractivity contribution in [2.24, 2.45) is 0 Å². The van der Waals surface area contributed by atoms with Gasteiger partial charge in [-0.3, -0.25) is 14.6 Å². The van der Waals surface area contributed by atoms with Crippen LogP contribution in [0, 0.1) is 6.92 Å². The Bertz CT molecular complexity index is 992. The van der Waals surface area contributed by atoms with Gasteiger partial charge in [0.2, 0.25) is 0 Å². The maximum Gasteiger partial charge on any atom is 0.264 e. The molecule has 1 aromatic carbocycles. The number of nitrogens with zero attached hydrogens (tertiary/aromatic N) is 3. The summed E-state index contributed by atoms with van der Waals surface area (Å²) in [6.45, 7) is 4.37. The molecule has 0 aliphatic rings. The van der Waals surface area contributed by atoms with Gasteiger partial charge in [-0.25, -0.2) is 4.98 Å². The fourth-order valence-corrected chi connectivity index (χ4v) is 2.68. The Labute approximate surface area is 157 Å². The Kier molecular flexibility index (Phi) is 5.45. The van der Waals surface area contributed by atoms with Crippen LogP contribution in [-0.4, -0.2) is 32.8 Å².